The molecular weight excluding hydrogens is 222 g/mol. The quantitative estimate of drug-likeness (QED) is 0.451. The molecule has 1 unspecified atom stereocenters. The van der Waals surface area contributed by atoms with Crippen molar-refractivity contribution in [1.29, 1.82) is 0 Å². The van der Waals surface area contributed by atoms with Crippen LogP contribution < -0.4 is 5.32 Å². The summed E-state index contributed by atoms with van der Waals surface area (Å²) in [7, 11) is 1.55. The first kappa shape index (κ1) is 13.1. The number of aromatic nitrogens is 3. The zero-order valence-electron chi connectivity index (χ0n) is 10.4. The molecule has 1 aromatic rings. The molecule has 94 valence electrons. The van der Waals surface area contributed by atoms with Gasteiger partial charge in [-0.2, -0.15) is 5.10 Å². The minimum absolute atomic E-state index is 0.222. The Kier molecular flexibility index (Phi) is 3.82. The molecular formula is C10H17N5O2. The largest absolute Gasteiger partial charge is 0.411 e. The number of hydrogen-bond acceptors (Lipinski definition) is 5. The SMILES string of the molecule is CNC(=O)C(n1cnc(C)n1)C(C)(C)C=NO. The van der Waals surface area contributed by atoms with Crippen LogP contribution in [0.15, 0.2) is 11.5 Å². The Bertz CT molecular complexity index is 424. The molecule has 0 aromatic carbocycles. The van der Waals surface area contributed by atoms with Crippen LogP contribution in [-0.4, -0.2) is 39.1 Å². The number of amides is 1. The fourth-order valence-electron chi connectivity index (χ4n) is 1.64. The number of rotatable bonds is 4. The van der Waals surface area contributed by atoms with E-state index in [9.17, 15) is 4.79 Å². The molecule has 0 aliphatic carbocycles. The Balaban J connectivity index is 3.17. The van der Waals surface area contributed by atoms with E-state index in [-0.39, 0.29) is 5.91 Å². The van der Waals surface area contributed by atoms with Crippen molar-refractivity contribution in [2.45, 2.75) is 26.8 Å². The molecule has 1 atom stereocenters. The number of hydrogen-bond donors (Lipinski definition) is 2. The third kappa shape index (κ3) is 2.80. The maximum Gasteiger partial charge on any atom is 0.245 e. The highest BCUT2D eigenvalue weighted by atomic mass is 16.4. The number of carbonyl (C=O) groups excluding carboxylic acids is 1. The van der Waals surface area contributed by atoms with E-state index in [1.165, 1.54) is 17.2 Å². The summed E-state index contributed by atoms with van der Waals surface area (Å²) < 4.78 is 1.47. The normalized spacial score (nSPS) is 13.9. The summed E-state index contributed by atoms with van der Waals surface area (Å²) in [5.41, 5.74) is -0.686. The number of likely N-dealkylation sites (N-methyl/N-ethyl adjacent to an activating group) is 1. The molecule has 0 radical (unpaired) electrons. The Labute approximate surface area is 99.5 Å². The van der Waals surface area contributed by atoms with Gasteiger partial charge >= 0.3 is 0 Å². The van der Waals surface area contributed by atoms with E-state index in [0.717, 1.165) is 0 Å². The first-order valence-electron chi connectivity index (χ1n) is 5.20. The van der Waals surface area contributed by atoms with E-state index >= 15 is 0 Å². The van der Waals surface area contributed by atoms with E-state index in [4.69, 9.17) is 5.21 Å². The van der Waals surface area contributed by atoms with E-state index in [1.54, 1.807) is 27.8 Å². The van der Waals surface area contributed by atoms with Gasteiger partial charge in [-0.3, -0.25) is 4.79 Å². The highest BCUT2D eigenvalue weighted by molar-refractivity contribution is 5.85. The van der Waals surface area contributed by atoms with Gasteiger partial charge < -0.3 is 10.5 Å². The highest BCUT2D eigenvalue weighted by Gasteiger charge is 2.36. The van der Waals surface area contributed by atoms with E-state index < -0.39 is 11.5 Å². The van der Waals surface area contributed by atoms with Crippen molar-refractivity contribution in [2.75, 3.05) is 7.05 Å². The second kappa shape index (κ2) is 4.94. The topological polar surface area (TPSA) is 92.4 Å². The van der Waals surface area contributed by atoms with Crippen molar-refractivity contribution in [2.24, 2.45) is 10.6 Å². The molecule has 1 heterocycles. The maximum atomic E-state index is 11.9. The van der Waals surface area contributed by atoms with Crippen molar-refractivity contribution in [3.8, 4) is 0 Å². The number of oxime groups is 1. The predicted octanol–water partition coefficient (Wildman–Crippen LogP) is 0.360. The number of carbonyl (C=O) groups is 1. The van der Waals surface area contributed by atoms with Crippen molar-refractivity contribution in [1.82, 2.24) is 20.1 Å². The van der Waals surface area contributed by atoms with E-state index in [2.05, 4.69) is 20.6 Å². The summed E-state index contributed by atoms with van der Waals surface area (Å²) in [5.74, 6) is 0.357. The molecule has 1 rings (SSSR count). The fourth-order valence-corrected chi connectivity index (χ4v) is 1.64. The van der Waals surface area contributed by atoms with Gasteiger partial charge in [0, 0.05) is 12.5 Å². The maximum absolute atomic E-state index is 11.9. The molecule has 1 aromatic heterocycles. The number of nitrogens with zero attached hydrogens (tertiary/aromatic N) is 4. The monoisotopic (exact) mass is 239 g/mol. The first-order valence-corrected chi connectivity index (χ1v) is 5.20. The summed E-state index contributed by atoms with van der Waals surface area (Å²) in [6.07, 6.45) is 2.80. The van der Waals surface area contributed by atoms with Crippen LogP contribution in [0.25, 0.3) is 0 Å². The Morgan fingerprint density at radius 2 is 2.35 bits per heavy atom. The highest BCUT2D eigenvalue weighted by Crippen LogP contribution is 2.28. The van der Waals surface area contributed by atoms with Gasteiger partial charge in [0.2, 0.25) is 5.91 Å². The second-order valence-corrected chi connectivity index (χ2v) is 4.35. The minimum atomic E-state index is -0.686. The van der Waals surface area contributed by atoms with Gasteiger partial charge in [-0.1, -0.05) is 13.8 Å². The zero-order chi connectivity index (χ0) is 13.1. The predicted molar refractivity (Wildman–Crippen MR) is 61.9 cm³/mol. The first-order chi connectivity index (χ1) is 7.92. The van der Waals surface area contributed by atoms with Crippen LogP contribution in [0, 0.1) is 12.3 Å². The average molecular weight is 239 g/mol. The smallest absolute Gasteiger partial charge is 0.245 e. The molecule has 17 heavy (non-hydrogen) atoms. The van der Waals surface area contributed by atoms with Crippen LogP contribution in [0.3, 0.4) is 0 Å². The lowest BCUT2D eigenvalue weighted by molar-refractivity contribution is -0.126. The van der Waals surface area contributed by atoms with E-state index in [1.807, 2.05) is 0 Å². The molecule has 0 bridgehead atoms. The van der Waals surface area contributed by atoms with Crippen LogP contribution in [-0.2, 0) is 4.79 Å². The van der Waals surface area contributed by atoms with Gasteiger partial charge in [0.1, 0.15) is 18.2 Å². The third-order valence-electron chi connectivity index (χ3n) is 2.48. The lowest BCUT2D eigenvalue weighted by atomic mass is 9.85. The summed E-state index contributed by atoms with van der Waals surface area (Å²) >= 11 is 0. The lowest BCUT2D eigenvalue weighted by Gasteiger charge is -2.28. The molecule has 7 heteroatoms. The van der Waals surface area contributed by atoms with Crippen LogP contribution in [0.5, 0.6) is 0 Å². The van der Waals surface area contributed by atoms with Gasteiger partial charge in [0.15, 0.2) is 0 Å². The summed E-state index contributed by atoms with van der Waals surface area (Å²) in [4.78, 5) is 15.9. The molecule has 2 N–H and O–H groups in total. The summed E-state index contributed by atoms with van der Waals surface area (Å²) in [6.45, 7) is 5.30. The Morgan fingerprint density at radius 1 is 1.71 bits per heavy atom. The fraction of sp³-hybridized carbons (Fsp3) is 0.600. The third-order valence-corrected chi connectivity index (χ3v) is 2.48. The molecule has 0 aliphatic heterocycles. The average Bonchev–Trinajstić information content (AvgIpc) is 2.64. The minimum Gasteiger partial charge on any atom is -0.411 e. The van der Waals surface area contributed by atoms with Gasteiger partial charge in [0.25, 0.3) is 0 Å². The zero-order valence-corrected chi connectivity index (χ0v) is 10.4. The van der Waals surface area contributed by atoms with Crippen LogP contribution >= 0.6 is 0 Å². The van der Waals surface area contributed by atoms with Gasteiger partial charge in [-0.15, -0.1) is 5.16 Å². The standard InChI is InChI=1S/C10H17N5O2/c1-7-12-6-15(14-7)8(9(16)11-4)10(2,3)5-13-17/h5-6,8,17H,1-4H3,(H,11,16). The second-order valence-electron chi connectivity index (χ2n) is 4.35. The molecule has 1 amide bonds. The van der Waals surface area contributed by atoms with Gasteiger partial charge in [-0.25, -0.2) is 9.67 Å². The molecule has 0 aliphatic rings. The van der Waals surface area contributed by atoms with Crippen LogP contribution in [0.1, 0.15) is 25.7 Å². The van der Waals surface area contributed by atoms with Gasteiger partial charge in [0.05, 0.1) is 6.21 Å². The van der Waals surface area contributed by atoms with Crippen molar-refractivity contribution >= 4 is 12.1 Å². The lowest BCUT2D eigenvalue weighted by Crippen LogP contribution is -2.40. The summed E-state index contributed by atoms with van der Waals surface area (Å²) in [5, 5.41) is 18.4. The Hall–Kier alpha value is -1.92. The molecule has 0 saturated carbocycles. The van der Waals surface area contributed by atoms with Crippen molar-refractivity contribution in [3.05, 3.63) is 12.2 Å². The van der Waals surface area contributed by atoms with Crippen molar-refractivity contribution in [3.63, 3.8) is 0 Å². The van der Waals surface area contributed by atoms with Crippen LogP contribution in [0.4, 0.5) is 0 Å². The molecule has 0 fully saturated rings. The number of aryl methyl sites for hydroxylation is 1. The number of nitrogens with one attached hydrogen (secondary N) is 1. The molecule has 7 nitrogen and oxygen atoms in total. The summed E-state index contributed by atoms with van der Waals surface area (Å²) in [6, 6.07) is -0.621. The van der Waals surface area contributed by atoms with Gasteiger partial charge in [-0.05, 0) is 6.92 Å². The van der Waals surface area contributed by atoms with E-state index in [0.29, 0.717) is 5.82 Å². The van der Waals surface area contributed by atoms with Crippen LogP contribution in [0.2, 0.25) is 0 Å². The molecule has 0 spiro atoms. The Morgan fingerprint density at radius 3 is 2.76 bits per heavy atom. The van der Waals surface area contributed by atoms with Crippen molar-refractivity contribution < 1.29 is 10.0 Å². The molecule has 0 saturated heterocycles.